The van der Waals surface area contributed by atoms with E-state index in [1.807, 2.05) is 6.92 Å². The van der Waals surface area contributed by atoms with E-state index in [0.717, 1.165) is 12.1 Å². The Morgan fingerprint density at radius 1 is 1.06 bits per heavy atom. The molecule has 0 aliphatic heterocycles. The SMILES string of the molecule is C=CCC(F)(F)C(C=C(c1ccc(NC(=O)c2c(F)cc(F)cc2F)cc1F)N(C)C)=CCCC. The fourth-order valence-corrected chi connectivity index (χ4v) is 3.26. The predicted molar refractivity (Wildman–Crippen MR) is 125 cm³/mol. The number of allylic oxidation sites excluding steroid dienone is 4. The van der Waals surface area contributed by atoms with Crippen LogP contribution in [0.1, 0.15) is 42.1 Å². The number of carbonyl (C=O) groups excluding carboxylic acids is 1. The zero-order chi connectivity index (χ0) is 26.3. The fourth-order valence-electron chi connectivity index (χ4n) is 3.26. The molecule has 1 amide bonds. The minimum Gasteiger partial charge on any atom is -0.377 e. The maximum atomic E-state index is 15.0. The van der Waals surface area contributed by atoms with Crippen molar-refractivity contribution < 1.29 is 31.1 Å². The van der Waals surface area contributed by atoms with E-state index >= 15 is 4.39 Å². The summed E-state index contributed by atoms with van der Waals surface area (Å²) in [5.74, 6) is -9.36. The van der Waals surface area contributed by atoms with Crippen LogP contribution in [0.5, 0.6) is 0 Å². The smallest absolute Gasteiger partial charge is 0.276 e. The molecule has 9 heteroatoms. The van der Waals surface area contributed by atoms with Crippen molar-refractivity contribution >= 4 is 17.3 Å². The quantitative estimate of drug-likeness (QED) is 0.212. The number of halogens is 6. The van der Waals surface area contributed by atoms with Crippen LogP contribution in [0.2, 0.25) is 0 Å². The fraction of sp³-hybridized carbons (Fsp3) is 0.269. The third-order valence-corrected chi connectivity index (χ3v) is 4.99. The van der Waals surface area contributed by atoms with Gasteiger partial charge < -0.3 is 10.2 Å². The number of amides is 1. The third-order valence-electron chi connectivity index (χ3n) is 4.99. The molecule has 0 aliphatic carbocycles. The monoisotopic (exact) mass is 496 g/mol. The maximum absolute atomic E-state index is 15.0. The highest BCUT2D eigenvalue weighted by atomic mass is 19.3. The van der Waals surface area contributed by atoms with Crippen molar-refractivity contribution in [3.8, 4) is 0 Å². The van der Waals surface area contributed by atoms with Crippen molar-refractivity contribution in [2.45, 2.75) is 32.1 Å². The summed E-state index contributed by atoms with van der Waals surface area (Å²) >= 11 is 0. The molecule has 0 heterocycles. The number of unbranched alkanes of at least 4 members (excludes halogenated alkanes) is 1. The molecule has 1 N–H and O–H groups in total. The number of nitrogens with one attached hydrogen (secondary N) is 1. The summed E-state index contributed by atoms with van der Waals surface area (Å²) in [5, 5.41) is 2.15. The molecule has 188 valence electrons. The van der Waals surface area contributed by atoms with Crippen LogP contribution in [0.3, 0.4) is 0 Å². The molecule has 3 nitrogen and oxygen atoms in total. The maximum Gasteiger partial charge on any atom is 0.276 e. The number of hydrogen-bond donors (Lipinski definition) is 1. The molecular weight excluding hydrogens is 470 g/mol. The summed E-state index contributed by atoms with van der Waals surface area (Å²) in [6.07, 6.45) is 4.13. The first kappa shape index (κ1) is 27.8. The van der Waals surface area contributed by atoms with E-state index in [0.29, 0.717) is 25.0 Å². The Labute approximate surface area is 200 Å². The lowest BCUT2D eigenvalue weighted by Gasteiger charge is -2.22. The summed E-state index contributed by atoms with van der Waals surface area (Å²) in [5.41, 5.74) is -1.36. The summed E-state index contributed by atoms with van der Waals surface area (Å²) in [6.45, 7) is 5.21. The third kappa shape index (κ3) is 7.00. The molecule has 35 heavy (non-hydrogen) atoms. The van der Waals surface area contributed by atoms with Gasteiger partial charge in [0.15, 0.2) is 0 Å². The van der Waals surface area contributed by atoms with Crippen molar-refractivity contribution in [2.75, 3.05) is 19.4 Å². The van der Waals surface area contributed by atoms with Gasteiger partial charge in [-0.3, -0.25) is 4.79 Å². The second-order valence-electron chi connectivity index (χ2n) is 7.96. The first-order valence-corrected chi connectivity index (χ1v) is 10.8. The second-order valence-corrected chi connectivity index (χ2v) is 7.96. The largest absolute Gasteiger partial charge is 0.377 e. The number of benzene rings is 2. The molecule has 0 fully saturated rings. The van der Waals surface area contributed by atoms with Crippen LogP contribution >= 0.6 is 0 Å². The van der Waals surface area contributed by atoms with Crippen LogP contribution in [-0.4, -0.2) is 30.8 Å². The highest BCUT2D eigenvalue weighted by Gasteiger charge is 2.32. The molecule has 2 aromatic carbocycles. The van der Waals surface area contributed by atoms with E-state index in [4.69, 9.17) is 0 Å². The molecule has 2 rings (SSSR count). The van der Waals surface area contributed by atoms with E-state index < -0.39 is 47.1 Å². The number of hydrogen-bond acceptors (Lipinski definition) is 2. The van der Waals surface area contributed by atoms with E-state index in [2.05, 4.69) is 11.9 Å². The van der Waals surface area contributed by atoms with Gasteiger partial charge in [0.25, 0.3) is 11.8 Å². The Morgan fingerprint density at radius 3 is 2.20 bits per heavy atom. The predicted octanol–water partition coefficient (Wildman–Crippen LogP) is 7.34. The van der Waals surface area contributed by atoms with Crippen LogP contribution in [0.4, 0.5) is 32.0 Å². The first-order valence-electron chi connectivity index (χ1n) is 10.8. The molecule has 2 aromatic rings. The van der Waals surface area contributed by atoms with Gasteiger partial charge in [0.1, 0.15) is 28.8 Å². The number of carbonyl (C=O) groups is 1. The molecule has 0 saturated heterocycles. The van der Waals surface area contributed by atoms with Gasteiger partial charge in [-0.15, -0.1) is 6.58 Å². The Balaban J connectivity index is 2.44. The zero-order valence-electron chi connectivity index (χ0n) is 19.6. The Kier molecular flexibility index (Phi) is 9.33. The Hall–Kier alpha value is -3.49. The van der Waals surface area contributed by atoms with Crippen molar-refractivity contribution in [1.29, 1.82) is 0 Å². The van der Waals surface area contributed by atoms with E-state index in [1.165, 1.54) is 29.2 Å². The van der Waals surface area contributed by atoms with Gasteiger partial charge in [-0.25, -0.2) is 26.3 Å². The molecule has 0 spiro atoms. The lowest BCUT2D eigenvalue weighted by Crippen LogP contribution is -2.20. The lowest BCUT2D eigenvalue weighted by molar-refractivity contribution is 0.0487. The Bertz CT molecular complexity index is 1130. The molecule has 0 aromatic heterocycles. The van der Waals surface area contributed by atoms with E-state index in [9.17, 15) is 26.7 Å². The van der Waals surface area contributed by atoms with Crippen molar-refractivity contribution in [1.82, 2.24) is 4.90 Å². The minimum atomic E-state index is -3.22. The van der Waals surface area contributed by atoms with Gasteiger partial charge in [0.2, 0.25) is 0 Å². The highest BCUT2D eigenvalue weighted by molar-refractivity contribution is 6.04. The lowest BCUT2D eigenvalue weighted by atomic mass is 9.99. The summed E-state index contributed by atoms with van der Waals surface area (Å²) in [4.78, 5) is 13.7. The Morgan fingerprint density at radius 2 is 1.69 bits per heavy atom. The van der Waals surface area contributed by atoms with Crippen LogP contribution in [0.15, 0.2) is 60.7 Å². The van der Waals surface area contributed by atoms with Crippen molar-refractivity contribution in [3.63, 3.8) is 0 Å². The average molecular weight is 496 g/mol. The number of nitrogens with zero attached hydrogens (tertiary/aromatic N) is 1. The highest BCUT2D eigenvalue weighted by Crippen LogP contribution is 2.34. The average Bonchev–Trinajstić information content (AvgIpc) is 2.73. The minimum absolute atomic E-state index is 0.0380. The molecule has 0 aliphatic rings. The standard InChI is InChI=1S/C26H26F6N2O/c1-5-7-8-16(26(31,32)11-6-2)12-23(34(3)4)19-10-9-18(15-20(19)28)33-25(35)24-21(29)13-17(27)14-22(24)30/h6,8-10,12-15H,2,5,7,11H2,1,3-4H3,(H,33,35). The van der Waals surface area contributed by atoms with Crippen molar-refractivity contribution in [3.05, 3.63) is 95.1 Å². The van der Waals surface area contributed by atoms with Gasteiger partial charge >= 0.3 is 0 Å². The number of anilines is 1. The van der Waals surface area contributed by atoms with Gasteiger partial charge in [0.05, 0.1) is 0 Å². The van der Waals surface area contributed by atoms with Gasteiger partial charge in [0, 0.05) is 55.2 Å². The van der Waals surface area contributed by atoms with Crippen LogP contribution in [0, 0.1) is 23.3 Å². The zero-order valence-corrected chi connectivity index (χ0v) is 19.6. The summed E-state index contributed by atoms with van der Waals surface area (Å²) < 4.78 is 85.2. The van der Waals surface area contributed by atoms with E-state index in [1.54, 1.807) is 14.1 Å². The molecule has 0 saturated carbocycles. The number of rotatable bonds is 10. The van der Waals surface area contributed by atoms with Gasteiger partial charge in [-0.1, -0.05) is 25.5 Å². The normalized spacial score (nSPS) is 12.5. The topological polar surface area (TPSA) is 32.3 Å². The molecule has 0 radical (unpaired) electrons. The van der Waals surface area contributed by atoms with Gasteiger partial charge in [-0.05, 0) is 30.7 Å². The van der Waals surface area contributed by atoms with Crippen LogP contribution in [-0.2, 0) is 0 Å². The van der Waals surface area contributed by atoms with Crippen LogP contribution in [0.25, 0.3) is 5.70 Å². The second kappa shape index (κ2) is 11.8. The van der Waals surface area contributed by atoms with Crippen molar-refractivity contribution in [2.24, 2.45) is 0 Å². The van der Waals surface area contributed by atoms with Crippen LogP contribution < -0.4 is 5.32 Å². The molecule has 0 atom stereocenters. The summed E-state index contributed by atoms with van der Waals surface area (Å²) in [7, 11) is 3.12. The summed E-state index contributed by atoms with van der Waals surface area (Å²) in [6, 6.07) is 4.09. The van der Waals surface area contributed by atoms with E-state index in [-0.39, 0.29) is 22.5 Å². The van der Waals surface area contributed by atoms with Gasteiger partial charge in [-0.2, -0.15) is 0 Å². The molecule has 0 bridgehead atoms. The number of alkyl halides is 2. The molecule has 0 unspecified atom stereocenters. The molecular formula is C26H26F6N2O. The first-order chi connectivity index (χ1) is 16.4.